The molecule has 1 unspecified atom stereocenters. The van der Waals surface area contributed by atoms with Crippen molar-refractivity contribution in [1.29, 1.82) is 0 Å². The molecule has 1 aliphatic heterocycles. The summed E-state index contributed by atoms with van der Waals surface area (Å²) in [5.74, 6) is 0.778. The van der Waals surface area contributed by atoms with Gasteiger partial charge in [-0.1, -0.05) is 29.8 Å². The summed E-state index contributed by atoms with van der Waals surface area (Å²) in [5, 5.41) is 11.1. The van der Waals surface area contributed by atoms with Crippen LogP contribution in [0.4, 0.5) is 0 Å². The standard InChI is InChI=1S/C20H18ClN3OS/c1-2-12-24-19(16-7-9-17(21)10-8-16)15-26-20(24)14-23-22-11-3-5-18-6-4-13-25-18/h2-11,13-15,20H,1,12H2/b5-3+,22-11+,23-14+. The van der Waals surface area contributed by atoms with Crippen LogP contribution in [0.3, 0.4) is 0 Å². The van der Waals surface area contributed by atoms with Gasteiger partial charge in [-0.05, 0) is 47.4 Å². The van der Waals surface area contributed by atoms with Crippen LogP contribution in [-0.2, 0) is 0 Å². The molecule has 0 saturated carbocycles. The molecule has 1 aromatic heterocycles. The summed E-state index contributed by atoms with van der Waals surface area (Å²) in [6, 6.07) is 11.5. The summed E-state index contributed by atoms with van der Waals surface area (Å²) >= 11 is 7.67. The Kier molecular flexibility index (Phi) is 6.52. The lowest BCUT2D eigenvalue weighted by Gasteiger charge is -2.25. The van der Waals surface area contributed by atoms with Crippen LogP contribution in [0.15, 0.2) is 81.4 Å². The molecule has 4 nitrogen and oxygen atoms in total. The van der Waals surface area contributed by atoms with Crippen molar-refractivity contribution in [3.63, 3.8) is 0 Å². The number of allylic oxidation sites excluding steroid dienone is 1. The maximum atomic E-state index is 5.98. The van der Waals surface area contributed by atoms with Crippen molar-refractivity contribution in [2.45, 2.75) is 5.37 Å². The van der Waals surface area contributed by atoms with E-state index in [1.165, 1.54) is 0 Å². The van der Waals surface area contributed by atoms with Crippen LogP contribution in [0.25, 0.3) is 11.8 Å². The fourth-order valence-electron chi connectivity index (χ4n) is 2.42. The first-order valence-electron chi connectivity index (χ1n) is 8.04. The van der Waals surface area contributed by atoms with Gasteiger partial charge in [0.05, 0.1) is 18.2 Å². The van der Waals surface area contributed by atoms with E-state index in [0.717, 1.165) is 28.6 Å². The van der Waals surface area contributed by atoms with Gasteiger partial charge in [0.15, 0.2) is 0 Å². The average Bonchev–Trinajstić information content (AvgIpc) is 3.30. The zero-order chi connectivity index (χ0) is 18.2. The molecule has 1 aromatic carbocycles. The Morgan fingerprint density at radius 3 is 2.81 bits per heavy atom. The van der Waals surface area contributed by atoms with Gasteiger partial charge in [0.2, 0.25) is 0 Å². The largest absolute Gasteiger partial charge is 0.465 e. The summed E-state index contributed by atoms with van der Waals surface area (Å²) in [7, 11) is 0. The Labute approximate surface area is 162 Å². The van der Waals surface area contributed by atoms with Crippen molar-refractivity contribution < 1.29 is 4.42 Å². The molecule has 1 aliphatic rings. The molecule has 2 aromatic rings. The lowest BCUT2D eigenvalue weighted by atomic mass is 10.1. The first-order chi connectivity index (χ1) is 12.8. The summed E-state index contributed by atoms with van der Waals surface area (Å²) in [6.45, 7) is 4.58. The van der Waals surface area contributed by atoms with E-state index >= 15 is 0 Å². The molecule has 6 heteroatoms. The number of hydrogen-bond donors (Lipinski definition) is 0. The second-order valence-corrected chi connectivity index (χ2v) is 6.81. The molecule has 0 amide bonds. The number of thioether (sulfide) groups is 1. The molecule has 0 radical (unpaired) electrons. The highest BCUT2D eigenvalue weighted by atomic mass is 35.5. The molecule has 132 valence electrons. The Hall–Kier alpha value is -2.50. The normalized spacial score (nSPS) is 17.7. The van der Waals surface area contributed by atoms with Gasteiger partial charge in [0.1, 0.15) is 11.1 Å². The monoisotopic (exact) mass is 383 g/mol. The molecule has 1 atom stereocenters. The van der Waals surface area contributed by atoms with E-state index in [1.807, 2.05) is 54.8 Å². The SMILES string of the molecule is C=CCN1C(c2ccc(Cl)cc2)=CSC1/C=N/N=C/C=C/c1ccco1. The molecule has 0 spiro atoms. The summed E-state index contributed by atoms with van der Waals surface area (Å²) in [5.41, 5.74) is 2.24. The third-order valence-electron chi connectivity index (χ3n) is 3.62. The minimum Gasteiger partial charge on any atom is -0.465 e. The number of rotatable bonds is 7. The van der Waals surface area contributed by atoms with Crippen LogP contribution in [-0.4, -0.2) is 29.2 Å². The van der Waals surface area contributed by atoms with Gasteiger partial charge in [-0.3, -0.25) is 0 Å². The highest BCUT2D eigenvalue weighted by Gasteiger charge is 2.25. The molecule has 3 rings (SSSR count). The predicted molar refractivity (Wildman–Crippen MR) is 112 cm³/mol. The second-order valence-electron chi connectivity index (χ2n) is 5.38. The number of benzene rings is 1. The number of hydrogen-bond acceptors (Lipinski definition) is 5. The molecule has 26 heavy (non-hydrogen) atoms. The van der Waals surface area contributed by atoms with E-state index in [4.69, 9.17) is 16.0 Å². The summed E-state index contributed by atoms with van der Waals surface area (Å²) < 4.78 is 5.20. The van der Waals surface area contributed by atoms with Gasteiger partial charge in [-0.15, -0.1) is 18.3 Å². The van der Waals surface area contributed by atoms with Crippen LogP contribution in [0.2, 0.25) is 5.02 Å². The van der Waals surface area contributed by atoms with Crippen LogP contribution in [0, 0.1) is 0 Å². The van der Waals surface area contributed by atoms with Crippen molar-refractivity contribution >= 4 is 47.6 Å². The Balaban J connectivity index is 1.62. The fourth-order valence-corrected chi connectivity index (χ4v) is 3.56. The number of furan rings is 1. The van der Waals surface area contributed by atoms with E-state index in [9.17, 15) is 0 Å². The zero-order valence-electron chi connectivity index (χ0n) is 14.0. The van der Waals surface area contributed by atoms with E-state index < -0.39 is 0 Å². The van der Waals surface area contributed by atoms with Crippen LogP contribution < -0.4 is 0 Å². The Morgan fingerprint density at radius 1 is 1.23 bits per heavy atom. The minimum atomic E-state index is 0.0740. The van der Waals surface area contributed by atoms with Crippen LogP contribution in [0.5, 0.6) is 0 Å². The van der Waals surface area contributed by atoms with E-state index in [-0.39, 0.29) is 5.37 Å². The summed E-state index contributed by atoms with van der Waals surface area (Å²) in [6.07, 6.45) is 10.6. The maximum absolute atomic E-state index is 5.98. The average molecular weight is 384 g/mol. The minimum absolute atomic E-state index is 0.0740. The van der Waals surface area contributed by atoms with Gasteiger partial charge < -0.3 is 9.32 Å². The van der Waals surface area contributed by atoms with Gasteiger partial charge >= 0.3 is 0 Å². The van der Waals surface area contributed by atoms with Crippen molar-refractivity contribution in [1.82, 2.24) is 4.90 Å². The quantitative estimate of drug-likeness (QED) is 0.357. The third-order valence-corrected chi connectivity index (χ3v) is 4.89. The van der Waals surface area contributed by atoms with Gasteiger partial charge in [-0.25, -0.2) is 0 Å². The van der Waals surface area contributed by atoms with Crippen LogP contribution >= 0.6 is 23.4 Å². The number of nitrogens with zero attached hydrogens (tertiary/aromatic N) is 3. The Bertz CT molecular complexity index is 838. The van der Waals surface area contributed by atoms with E-state index in [1.54, 1.807) is 30.3 Å². The molecule has 0 aliphatic carbocycles. The highest BCUT2D eigenvalue weighted by Crippen LogP contribution is 2.36. The molecular weight excluding hydrogens is 366 g/mol. The van der Waals surface area contributed by atoms with Crippen molar-refractivity contribution in [3.8, 4) is 0 Å². The smallest absolute Gasteiger partial charge is 0.126 e. The topological polar surface area (TPSA) is 41.1 Å². The molecule has 0 fully saturated rings. The van der Waals surface area contributed by atoms with Crippen LogP contribution in [0.1, 0.15) is 11.3 Å². The van der Waals surface area contributed by atoms with E-state index in [0.29, 0.717) is 0 Å². The molecule has 0 bridgehead atoms. The van der Waals surface area contributed by atoms with Gasteiger partial charge in [-0.2, -0.15) is 10.2 Å². The second kappa shape index (κ2) is 9.27. The van der Waals surface area contributed by atoms with Crippen molar-refractivity contribution in [3.05, 3.63) is 83.1 Å². The Morgan fingerprint density at radius 2 is 2.08 bits per heavy atom. The van der Waals surface area contributed by atoms with Gasteiger partial charge in [0, 0.05) is 17.8 Å². The molecule has 2 heterocycles. The summed E-state index contributed by atoms with van der Waals surface area (Å²) in [4.78, 5) is 2.22. The van der Waals surface area contributed by atoms with Gasteiger partial charge in [0.25, 0.3) is 0 Å². The molecular formula is C20H18ClN3OS. The third kappa shape index (κ3) is 4.77. The molecule has 0 N–H and O–H groups in total. The molecule has 0 saturated heterocycles. The predicted octanol–water partition coefficient (Wildman–Crippen LogP) is 5.56. The van der Waals surface area contributed by atoms with Crippen molar-refractivity contribution in [2.24, 2.45) is 10.2 Å². The maximum Gasteiger partial charge on any atom is 0.126 e. The fraction of sp³-hybridized carbons (Fsp3) is 0.100. The number of halogens is 1. The zero-order valence-corrected chi connectivity index (χ0v) is 15.6. The first-order valence-corrected chi connectivity index (χ1v) is 9.36. The van der Waals surface area contributed by atoms with Crippen molar-refractivity contribution in [2.75, 3.05) is 6.54 Å². The van der Waals surface area contributed by atoms with E-state index in [2.05, 4.69) is 27.1 Å². The lowest BCUT2D eigenvalue weighted by Crippen LogP contribution is -2.29. The first kappa shape index (κ1) is 18.3. The highest BCUT2D eigenvalue weighted by molar-refractivity contribution is 8.03. The lowest BCUT2D eigenvalue weighted by molar-refractivity contribution is 0.485.